The summed E-state index contributed by atoms with van der Waals surface area (Å²) in [6, 6.07) is 6.45. The van der Waals surface area contributed by atoms with Gasteiger partial charge in [0.25, 0.3) is 0 Å². The van der Waals surface area contributed by atoms with Gasteiger partial charge in [-0.15, -0.1) is 11.6 Å². The second kappa shape index (κ2) is 7.09. The van der Waals surface area contributed by atoms with E-state index in [1.54, 1.807) is 0 Å². The van der Waals surface area contributed by atoms with Crippen molar-refractivity contribution < 1.29 is 0 Å². The van der Waals surface area contributed by atoms with Crippen LogP contribution in [0.25, 0.3) is 11.0 Å². The standard InChI is InChI=1S/C16H24ClN3/c1-4-19(5-2)10-11-20-15-12-13(3)6-7-14(15)18-16(20)8-9-17/h6-7,12H,4-5,8-11H2,1-3H3. The van der Waals surface area contributed by atoms with Crippen LogP contribution in [0.3, 0.4) is 0 Å². The number of likely N-dealkylation sites (N-methyl/N-ethyl adjacent to an activating group) is 1. The molecular weight excluding hydrogens is 270 g/mol. The van der Waals surface area contributed by atoms with Crippen molar-refractivity contribution in [3.8, 4) is 0 Å². The Morgan fingerprint density at radius 3 is 2.65 bits per heavy atom. The summed E-state index contributed by atoms with van der Waals surface area (Å²) < 4.78 is 2.34. The fourth-order valence-corrected chi connectivity index (χ4v) is 2.76. The van der Waals surface area contributed by atoms with Crippen molar-refractivity contribution in [3.05, 3.63) is 29.6 Å². The maximum atomic E-state index is 5.92. The Balaban J connectivity index is 2.32. The second-order valence-corrected chi connectivity index (χ2v) is 5.52. The number of rotatable bonds is 7. The van der Waals surface area contributed by atoms with Gasteiger partial charge in [-0.25, -0.2) is 4.98 Å². The molecule has 0 saturated heterocycles. The Labute approximate surface area is 126 Å². The average Bonchev–Trinajstić information content (AvgIpc) is 2.78. The number of aromatic nitrogens is 2. The molecule has 0 saturated carbocycles. The highest BCUT2D eigenvalue weighted by molar-refractivity contribution is 6.17. The SMILES string of the molecule is CCN(CC)CCn1c(CCCl)nc2ccc(C)cc21. The van der Waals surface area contributed by atoms with Crippen LogP contribution in [0, 0.1) is 6.92 Å². The molecule has 0 spiro atoms. The van der Waals surface area contributed by atoms with E-state index in [9.17, 15) is 0 Å². The van der Waals surface area contributed by atoms with Gasteiger partial charge in [0.15, 0.2) is 0 Å². The van der Waals surface area contributed by atoms with Gasteiger partial charge in [-0.1, -0.05) is 19.9 Å². The molecule has 0 atom stereocenters. The first-order chi connectivity index (χ1) is 9.69. The molecule has 3 nitrogen and oxygen atoms in total. The molecule has 0 aliphatic carbocycles. The van der Waals surface area contributed by atoms with Crippen LogP contribution in [0.2, 0.25) is 0 Å². The van der Waals surface area contributed by atoms with Crippen LogP contribution in [-0.4, -0.2) is 40.0 Å². The van der Waals surface area contributed by atoms with Gasteiger partial charge in [-0.05, 0) is 37.7 Å². The van der Waals surface area contributed by atoms with E-state index in [4.69, 9.17) is 16.6 Å². The third-order valence-electron chi connectivity index (χ3n) is 3.84. The highest BCUT2D eigenvalue weighted by Crippen LogP contribution is 2.18. The molecule has 0 amide bonds. The Bertz CT molecular complexity index is 558. The summed E-state index contributed by atoms with van der Waals surface area (Å²) in [5, 5.41) is 0. The number of halogens is 1. The highest BCUT2D eigenvalue weighted by atomic mass is 35.5. The number of fused-ring (bicyclic) bond motifs is 1. The zero-order chi connectivity index (χ0) is 14.5. The molecule has 0 fully saturated rings. The van der Waals surface area contributed by atoms with Gasteiger partial charge in [0, 0.05) is 25.4 Å². The molecule has 0 aliphatic rings. The molecule has 110 valence electrons. The Morgan fingerprint density at radius 1 is 1.25 bits per heavy atom. The van der Waals surface area contributed by atoms with Gasteiger partial charge in [0.1, 0.15) is 5.82 Å². The Kier molecular flexibility index (Phi) is 5.44. The third kappa shape index (κ3) is 3.33. The molecule has 0 radical (unpaired) electrons. The van der Waals surface area contributed by atoms with E-state index in [-0.39, 0.29) is 0 Å². The van der Waals surface area contributed by atoms with Gasteiger partial charge in [-0.3, -0.25) is 0 Å². The lowest BCUT2D eigenvalue weighted by atomic mass is 10.2. The molecule has 20 heavy (non-hydrogen) atoms. The molecule has 1 aromatic carbocycles. The van der Waals surface area contributed by atoms with Crippen molar-refractivity contribution >= 4 is 22.6 Å². The van der Waals surface area contributed by atoms with Crippen LogP contribution < -0.4 is 0 Å². The van der Waals surface area contributed by atoms with Crippen LogP contribution in [0.15, 0.2) is 18.2 Å². The highest BCUT2D eigenvalue weighted by Gasteiger charge is 2.11. The fraction of sp³-hybridized carbons (Fsp3) is 0.562. The number of imidazole rings is 1. The van der Waals surface area contributed by atoms with Crippen LogP contribution in [0.4, 0.5) is 0 Å². The summed E-state index contributed by atoms with van der Waals surface area (Å²) in [6.45, 7) is 10.8. The summed E-state index contributed by atoms with van der Waals surface area (Å²) >= 11 is 5.92. The van der Waals surface area contributed by atoms with Gasteiger partial charge in [0.2, 0.25) is 0 Å². The summed E-state index contributed by atoms with van der Waals surface area (Å²) in [5.41, 5.74) is 3.59. The molecule has 2 rings (SSSR count). The minimum Gasteiger partial charge on any atom is -0.327 e. The number of aryl methyl sites for hydroxylation is 2. The zero-order valence-corrected chi connectivity index (χ0v) is 13.5. The van der Waals surface area contributed by atoms with Crippen molar-refractivity contribution in [2.75, 3.05) is 25.5 Å². The predicted molar refractivity (Wildman–Crippen MR) is 86.7 cm³/mol. The van der Waals surface area contributed by atoms with E-state index >= 15 is 0 Å². The molecule has 0 aliphatic heterocycles. The Morgan fingerprint density at radius 2 is 2.00 bits per heavy atom. The molecule has 4 heteroatoms. The lowest BCUT2D eigenvalue weighted by Crippen LogP contribution is -2.27. The van der Waals surface area contributed by atoms with Gasteiger partial charge >= 0.3 is 0 Å². The van der Waals surface area contributed by atoms with Gasteiger partial charge in [0.05, 0.1) is 11.0 Å². The lowest BCUT2D eigenvalue weighted by Gasteiger charge is -2.19. The lowest BCUT2D eigenvalue weighted by molar-refractivity contribution is 0.290. The Hall–Kier alpha value is -1.06. The summed E-state index contributed by atoms with van der Waals surface area (Å²) in [7, 11) is 0. The molecule has 1 aromatic heterocycles. The van der Waals surface area contributed by atoms with E-state index in [1.165, 1.54) is 11.1 Å². The molecule has 0 unspecified atom stereocenters. The van der Waals surface area contributed by atoms with E-state index in [0.717, 1.165) is 43.9 Å². The monoisotopic (exact) mass is 293 g/mol. The van der Waals surface area contributed by atoms with Crippen LogP contribution in [0.5, 0.6) is 0 Å². The van der Waals surface area contributed by atoms with Crippen molar-refractivity contribution in [2.24, 2.45) is 0 Å². The van der Waals surface area contributed by atoms with Gasteiger partial charge < -0.3 is 9.47 Å². The summed E-state index contributed by atoms with van der Waals surface area (Å²) in [6.07, 6.45) is 0.827. The fourth-order valence-electron chi connectivity index (χ4n) is 2.59. The number of nitrogens with zero attached hydrogens (tertiary/aromatic N) is 3. The molecule has 1 heterocycles. The number of alkyl halides is 1. The van der Waals surface area contributed by atoms with Gasteiger partial charge in [-0.2, -0.15) is 0 Å². The van der Waals surface area contributed by atoms with E-state index in [2.05, 4.69) is 48.4 Å². The van der Waals surface area contributed by atoms with Crippen LogP contribution in [-0.2, 0) is 13.0 Å². The first kappa shape index (κ1) is 15.3. The largest absolute Gasteiger partial charge is 0.327 e. The molecular formula is C16H24ClN3. The molecule has 0 N–H and O–H groups in total. The predicted octanol–water partition coefficient (Wildman–Crippen LogP) is 3.47. The quantitative estimate of drug-likeness (QED) is 0.729. The van der Waals surface area contributed by atoms with Crippen molar-refractivity contribution in [1.82, 2.24) is 14.5 Å². The average molecular weight is 294 g/mol. The van der Waals surface area contributed by atoms with Crippen LogP contribution in [0.1, 0.15) is 25.2 Å². The normalized spacial score (nSPS) is 11.7. The zero-order valence-electron chi connectivity index (χ0n) is 12.7. The number of hydrogen-bond donors (Lipinski definition) is 0. The van der Waals surface area contributed by atoms with Crippen molar-refractivity contribution in [3.63, 3.8) is 0 Å². The van der Waals surface area contributed by atoms with E-state index in [0.29, 0.717) is 5.88 Å². The molecule has 2 aromatic rings. The summed E-state index contributed by atoms with van der Waals surface area (Å²) in [4.78, 5) is 7.17. The minimum atomic E-state index is 0.619. The molecule has 0 bridgehead atoms. The van der Waals surface area contributed by atoms with Crippen molar-refractivity contribution in [2.45, 2.75) is 33.7 Å². The van der Waals surface area contributed by atoms with Crippen LogP contribution >= 0.6 is 11.6 Å². The first-order valence-electron chi connectivity index (χ1n) is 7.43. The maximum absolute atomic E-state index is 5.92. The third-order valence-corrected chi connectivity index (χ3v) is 4.02. The maximum Gasteiger partial charge on any atom is 0.111 e. The van der Waals surface area contributed by atoms with E-state index < -0.39 is 0 Å². The smallest absolute Gasteiger partial charge is 0.111 e. The number of benzene rings is 1. The summed E-state index contributed by atoms with van der Waals surface area (Å²) in [5.74, 6) is 1.72. The van der Waals surface area contributed by atoms with E-state index in [1.807, 2.05) is 0 Å². The topological polar surface area (TPSA) is 21.1 Å². The second-order valence-electron chi connectivity index (χ2n) is 5.14. The number of hydrogen-bond acceptors (Lipinski definition) is 2. The van der Waals surface area contributed by atoms with Crippen molar-refractivity contribution in [1.29, 1.82) is 0 Å². The first-order valence-corrected chi connectivity index (χ1v) is 7.97. The minimum absolute atomic E-state index is 0.619.